The summed E-state index contributed by atoms with van der Waals surface area (Å²) in [5.41, 5.74) is 1.70. The average Bonchev–Trinajstić information content (AvgIpc) is 3.03. The van der Waals surface area contributed by atoms with Crippen LogP contribution in [-0.2, 0) is 23.6 Å². The number of pyridine rings is 1. The summed E-state index contributed by atoms with van der Waals surface area (Å²) in [4.78, 5) is 13.4. The Balaban J connectivity index is 1.55. The molecule has 1 aliphatic heterocycles. The lowest BCUT2D eigenvalue weighted by Crippen LogP contribution is -2.18. The van der Waals surface area contributed by atoms with Crippen molar-refractivity contribution in [3.63, 3.8) is 0 Å². The van der Waals surface area contributed by atoms with E-state index in [1.807, 2.05) is 31.2 Å². The third kappa shape index (κ3) is 3.15. The summed E-state index contributed by atoms with van der Waals surface area (Å²) in [5, 5.41) is 9.37. The van der Waals surface area contributed by atoms with Gasteiger partial charge in [0.15, 0.2) is 11.6 Å². The highest BCUT2D eigenvalue weighted by atomic mass is 32.2. The van der Waals surface area contributed by atoms with Crippen molar-refractivity contribution in [3.05, 3.63) is 47.8 Å². The summed E-state index contributed by atoms with van der Waals surface area (Å²) < 4.78 is 7.52. The van der Waals surface area contributed by atoms with E-state index in [4.69, 9.17) is 4.74 Å². The Morgan fingerprint density at radius 1 is 1.25 bits per heavy atom. The van der Waals surface area contributed by atoms with E-state index in [1.54, 1.807) is 18.0 Å². The molecule has 8 heteroatoms. The highest BCUT2D eigenvalue weighted by molar-refractivity contribution is 7.98. The molecule has 0 saturated heterocycles. The number of fused-ring (bicyclic) bond motifs is 1. The van der Waals surface area contributed by atoms with Gasteiger partial charge in [-0.05, 0) is 25.1 Å². The van der Waals surface area contributed by atoms with Crippen LogP contribution in [0.4, 0.5) is 0 Å². The number of ether oxygens (including phenoxy) is 1. The lowest BCUT2D eigenvalue weighted by atomic mass is 10.3. The molecule has 3 aromatic heterocycles. The van der Waals surface area contributed by atoms with Gasteiger partial charge in [0.2, 0.25) is 0 Å². The topological polar surface area (TPSA) is 78.6 Å². The fourth-order valence-electron chi connectivity index (χ4n) is 2.53. The first kappa shape index (κ1) is 15.2. The first-order valence-electron chi connectivity index (χ1n) is 7.68. The first-order chi connectivity index (χ1) is 11.8. The fraction of sp³-hybridized carbons (Fsp3) is 0.312. The minimum Gasteiger partial charge on any atom is -0.372 e. The standard InChI is InChI=1S/C16H16N6OS/c1-11-8-15(19-16(18-11)12-4-2-3-5-17-12)24-10-14-21-20-13-9-23-7-6-22(13)14/h2-5,8H,6-7,9-10H2,1H3. The Hall–Kier alpha value is -2.32. The number of aromatic nitrogens is 6. The van der Waals surface area contributed by atoms with Gasteiger partial charge in [-0.2, -0.15) is 0 Å². The minimum absolute atomic E-state index is 0.536. The molecule has 4 rings (SSSR count). The maximum atomic E-state index is 5.39. The van der Waals surface area contributed by atoms with E-state index < -0.39 is 0 Å². The normalized spacial score (nSPS) is 13.7. The van der Waals surface area contributed by atoms with Gasteiger partial charge in [-0.3, -0.25) is 4.98 Å². The summed E-state index contributed by atoms with van der Waals surface area (Å²) in [6.07, 6.45) is 1.75. The van der Waals surface area contributed by atoms with Crippen LogP contribution in [0.25, 0.3) is 11.5 Å². The molecule has 0 unspecified atom stereocenters. The number of nitrogens with zero attached hydrogens (tertiary/aromatic N) is 6. The van der Waals surface area contributed by atoms with Crippen molar-refractivity contribution in [3.8, 4) is 11.5 Å². The highest BCUT2D eigenvalue weighted by Crippen LogP contribution is 2.24. The van der Waals surface area contributed by atoms with Crippen molar-refractivity contribution in [1.82, 2.24) is 29.7 Å². The van der Waals surface area contributed by atoms with Gasteiger partial charge in [0.1, 0.15) is 23.2 Å². The number of thioether (sulfide) groups is 1. The van der Waals surface area contributed by atoms with Crippen LogP contribution in [0.15, 0.2) is 35.5 Å². The van der Waals surface area contributed by atoms with E-state index in [0.717, 1.165) is 34.6 Å². The smallest absolute Gasteiger partial charge is 0.179 e. The summed E-state index contributed by atoms with van der Waals surface area (Å²) in [5.74, 6) is 3.21. The molecule has 1 aliphatic rings. The van der Waals surface area contributed by atoms with E-state index >= 15 is 0 Å². The Morgan fingerprint density at radius 3 is 3.08 bits per heavy atom. The molecule has 4 heterocycles. The number of rotatable bonds is 4. The van der Waals surface area contributed by atoms with Crippen molar-refractivity contribution >= 4 is 11.8 Å². The summed E-state index contributed by atoms with van der Waals surface area (Å²) in [7, 11) is 0. The molecule has 0 amide bonds. The number of aryl methyl sites for hydroxylation is 1. The molecule has 0 saturated carbocycles. The van der Waals surface area contributed by atoms with Crippen LogP contribution in [0.3, 0.4) is 0 Å². The van der Waals surface area contributed by atoms with Gasteiger partial charge >= 0.3 is 0 Å². The summed E-state index contributed by atoms with van der Waals surface area (Å²) in [6, 6.07) is 7.71. The Labute approximate surface area is 143 Å². The lowest BCUT2D eigenvalue weighted by Gasteiger charge is -2.15. The third-order valence-corrected chi connectivity index (χ3v) is 4.58. The van der Waals surface area contributed by atoms with Gasteiger partial charge in [-0.25, -0.2) is 9.97 Å². The molecular formula is C16H16N6OS. The van der Waals surface area contributed by atoms with Crippen molar-refractivity contribution in [2.24, 2.45) is 0 Å². The van der Waals surface area contributed by atoms with Crippen LogP contribution >= 0.6 is 11.8 Å². The third-order valence-electron chi connectivity index (χ3n) is 3.67. The zero-order valence-corrected chi connectivity index (χ0v) is 14.0. The molecule has 0 radical (unpaired) electrons. The van der Waals surface area contributed by atoms with Crippen LogP contribution in [0.2, 0.25) is 0 Å². The van der Waals surface area contributed by atoms with Gasteiger partial charge in [0.05, 0.1) is 12.4 Å². The van der Waals surface area contributed by atoms with Crippen molar-refractivity contribution in [1.29, 1.82) is 0 Å². The number of hydrogen-bond acceptors (Lipinski definition) is 7. The Bertz CT molecular complexity index is 851. The van der Waals surface area contributed by atoms with Crippen molar-refractivity contribution < 1.29 is 4.74 Å². The summed E-state index contributed by atoms with van der Waals surface area (Å²) >= 11 is 1.63. The molecule has 7 nitrogen and oxygen atoms in total. The maximum absolute atomic E-state index is 5.39. The first-order valence-corrected chi connectivity index (χ1v) is 8.67. The zero-order valence-electron chi connectivity index (χ0n) is 13.2. The zero-order chi connectivity index (χ0) is 16.4. The second kappa shape index (κ2) is 6.66. The molecular weight excluding hydrogens is 324 g/mol. The average molecular weight is 340 g/mol. The van der Waals surface area contributed by atoms with Crippen LogP contribution in [0.1, 0.15) is 17.3 Å². The van der Waals surface area contributed by atoms with Crippen molar-refractivity contribution in [2.45, 2.75) is 30.9 Å². The van der Waals surface area contributed by atoms with Crippen LogP contribution in [-0.4, -0.2) is 36.3 Å². The molecule has 24 heavy (non-hydrogen) atoms. The predicted octanol–water partition coefficient (Wildman–Crippen LogP) is 2.26. The van der Waals surface area contributed by atoms with Crippen LogP contribution < -0.4 is 0 Å². The SMILES string of the molecule is Cc1cc(SCc2nnc3n2CCOC3)nc(-c2ccccn2)n1. The second-order valence-electron chi connectivity index (χ2n) is 5.41. The number of hydrogen-bond donors (Lipinski definition) is 0. The molecule has 0 fully saturated rings. The molecule has 0 aromatic carbocycles. The quantitative estimate of drug-likeness (QED) is 0.532. The van der Waals surface area contributed by atoms with Gasteiger partial charge in [0.25, 0.3) is 0 Å². The maximum Gasteiger partial charge on any atom is 0.179 e. The van der Waals surface area contributed by atoms with E-state index in [1.165, 1.54) is 0 Å². The van der Waals surface area contributed by atoms with Gasteiger partial charge in [0, 0.05) is 18.4 Å². The van der Waals surface area contributed by atoms with Gasteiger partial charge in [-0.15, -0.1) is 10.2 Å². The predicted molar refractivity (Wildman–Crippen MR) is 89.2 cm³/mol. The molecule has 0 atom stereocenters. The van der Waals surface area contributed by atoms with E-state index in [0.29, 0.717) is 24.8 Å². The molecule has 0 spiro atoms. The van der Waals surface area contributed by atoms with Gasteiger partial charge in [-0.1, -0.05) is 17.8 Å². The largest absolute Gasteiger partial charge is 0.372 e. The van der Waals surface area contributed by atoms with Gasteiger partial charge < -0.3 is 9.30 Å². The van der Waals surface area contributed by atoms with E-state index in [9.17, 15) is 0 Å². The Morgan fingerprint density at radius 2 is 2.21 bits per heavy atom. The molecule has 0 N–H and O–H groups in total. The molecule has 3 aromatic rings. The second-order valence-corrected chi connectivity index (χ2v) is 6.41. The Kier molecular flexibility index (Phi) is 4.22. The van der Waals surface area contributed by atoms with Crippen LogP contribution in [0.5, 0.6) is 0 Å². The molecule has 122 valence electrons. The van der Waals surface area contributed by atoms with E-state index in [-0.39, 0.29) is 0 Å². The van der Waals surface area contributed by atoms with Crippen molar-refractivity contribution in [2.75, 3.05) is 6.61 Å². The lowest BCUT2D eigenvalue weighted by molar-refractivity contribution is 0.0808. The van der Waals surface area contributed by atoms with Crippen LogP contribution in [0, 0.1) is 6.92 Å². The summed E-state index contributed by atoms with van der Waals surface area (Å²) in [6.45, 7) is 4.02. The molecule has 0 aliphatic carbocycles. The molecule has 0 bridgehead atoms. The highest BCUT2D eigenvalue weighted by Gasteiger charge is 2.16. The van der Waals surface area contributed by atoms with E-state index in [2.05, 4.69) is 29.7 Å². The minimum atomic E-state index is 0.536. The fourth-order valence-corrected chi connectivity index (χ4v) is 3.42. The monoisotopic (exact) mass is 340 g/mol.